The van der Waals surface area contributed by atoms with Crippen molar-refractivity contribution in [2.24, 2.45) is 0 Å². The van der Waals surface area contributed by atoms with Gasteiger partial charge in [0.1, 0.15) is 16.9 Å². The summed E-state index contributed by atoms with van der Waals surface area (Å²) in [5, 5.41) is 22.1. The van der Waals surface area contributed by atoms with Crippen molar-refractivity contribution < 1.29 is 24.2 Å². The Bertz CT molecular complexity index is 1980. The van der Waals surface area contributed by atoms with E-state index in [1.807, 2.05) is 36.4 Å². The lowest BCUT2D eigenvalue weighted by Crippen LogP contribution is -2.40. The van der Waals surface area contributed by atoms with E-state index in [2.05, 4.69) is 4.90 Å². The van der Waals surface area contributed by atoms with Crippen LogP contribution in [0.4, 0.5) is 5.69 Å². The van der Waals surface area contributed by atoms with Crippen molar-refractivity contribution in [2.45, 2.75) is 19.0 Å². The minimum atomic E-state index is -1.66. The van der Waals surface area contributed by atoms with E-state index in [0.717, 1.165) is 41.7 Å². The van der Waals surface area contributed by atoms with E-state index < -0.39 is 40.4 Å². The van der Waals surface area contributed by atoms with Gasteiger partial charge in [-0.15, -0.1) is 0 Å². The Kier molecular flexibility index (Phi) is 6.74. The summed E-state index contributed by atoms with van der Waals surface area (Å²) in [6.45, 7) is 1.85. The zero-order valence-electron chi connectivity index (χ0n) is 22.7. The highest BCUT2D eigenvalue weighted by Gasteiger charge is 2.35. The smallest absolute Gasteiger partial charge is 0.336 e. The number of hydrogen-bond acceptors (Lipinski definition) is 7. The van der Waals surface area contributed by atoms with Gasteiger partial charge < -0.3 is 29.0 Å². The zero-order valence-corrected chi connectivity index (χ0v) is 22.7. The summed E-state index contributed by atoms with van der Waals surface area (Å²) in [4.78, 5) is 56.0. The molecule has 0 aliphatic carbocycles. The molecule has 1 atom stereocenters. The van der Waals surface area contributed by atoms with Crippen LogP contribution in [0.25, 0.3) is 21.9 Å². The SMILES string of the molecule is CN(C(=O)c1c(O)c2ccccc2n(Cc2ccccc2)c1=O)C(C(=O)O)c1cc(=O)oc2cc(N3CCC3)ccc12. The van der Waals surface area contributed by atoms with Crippen molar-refractivity contribution in [2.75, 3.05) is 25.0 Å². The number of benzene rings is 3. The van der Waals surface area contributed by atoms with Gasteiger partial charge in [0.2, 0.25) is 0 Å². The third-order valence-electron chi connectivity index (χ3n) is 7.76. The zero-order chi connectivity index (χ0) is 29.5. The molecule has 10 nitrogen and oxygen atoms in total. The van der Waals surface area contributed by atoms with Gasteiger partial charge in [0.15, 0.2) is 6.04 Å². The molecule has 212 valence electrons. The molecule has 0 radical (unpaired) electrons. The Hall–Kier alpha value is -5.38. The predicted molar refractivity (Wildman–Crippen MR) is 157 cm³/mol. The number of rotatable bonds is 7. The highest BCUT2D eigenvalue weighted by molar-refractivity contribution is 6.04. The number of anilines is 1. The average Bonchev–Trinajstić information content (AvgIpc) is 2.94. The number of aromatic hydroxyl groups is 1. The van der Waals surface area contributed by atoms with Crippen molar-refractivity contribution in [3.05, 3.63) is 116 Å². The molecule has 42 heavy (non-hydrogen) atoms. The molecular weight excluding hydrogens is 538 g/mol. The monoisotopic (exact) mass is 565 g/mol. The molecule has 1 saturated heterocycles. The number of carboxylic acid groups (broad SMARTS) is 1. The number of carbonyl (C=O) groups is 2. The molecule has 10 heteroatoms. The third kappa shape index (κ3) is 4.56. The van der Waals surface area contributed by atoms with Crippen LogP contribution in [-0.4, -0.2) is 51.7 Å². The minimum absolute atomic E-state index is 0.0321. The maximum absolute atomic E-state index is 13.9. The number of fused-ring (bicyclic) bond motifs is 2. The molecule has 0 bridgehead atoms. The molecule has 1 amide bonds. The van der Waals surface area contributed by atoms with Gasteiger partial charge in [0.25, 0.3) is 11.5 Å². The van der Waals surface area contributed by atoms with E-state index in [1.165, 1.54) is 11.6 Å². The molecule has 2 aromatic heterocycles. The second-order valence-corrected chi connectivity index (χ2v) is 10.3. The van der Waals surface area contributed by atoms with E-state index in [-0.39, 0.29) is 23.1 Å². The highest BCUT2D eigenvalue weighted by atomic mass is 16.4. The van der Waals surface area contributed by atoms with Gasteiger partial charge in [-0.05, 0) is 36.2 Å². The number of aromatic nitrogens is 1. The maximum Gasteiger partial charge on any atom is 0.336 e. The van der Waals surface area contributed by atoms with Crippen LogP contribution in [0.3, 0.4) is 0 Å². The molecule has 3 aromatic carbocycles. The van der Waals surface area contributed by atoms with E-state index in [1.54, 1.807) is 36.4 Å². The summed E-state index contributed by atoms with van der Waals surface area (Å²) >= 11 is 0. The van der Waals surface area contributed by atoms with Gasteiger partial charge in [-0.3, -0.25) is 9.59 Å². The number of carboxylic acids is 1. The first-order chi connectivity index (χ1) is 20.2. The largest absolute Gasteiger partial charge is 0.506 e. The second kappa shape index (κ2) is 10.5. The lowest BCUT2D eigenvalue weighted by atomic mass is 9.99. The Morgan fingerprint density at radius 1 is 0.952 bits per heavy atom. The first kappa shape index (κ1) is 26.8. The van der Waals surface area contributed by atoms with Crippen LogP contribution in [0.5, 0.6) is 5.75 Å². The Balaban J connectivity index is 1.47. The summed E-state index contributed by atoms with van der Waals surface area (Å²) in [6, 6.07) is 20.3. The summed E-state index contributed by atoms with van der Waals surface area (Å²) in [5.41, 5.74) is 0.165. The Morgan fingerprint density at radius 2 is 1.67 bits per heavy atom. The Labute approximate surface area is 239 Å². The summed E-state index contributed by atoms with van der Waals surface area (Å²) < 4.78 is 6.78. The van der Waals surface area contributed by atoms with E-state index in [9.17, 15) is 29.4 Å². The van der Waals surface area contributed by atoms with Gasteiger partial charge in [-0.2, -0.15) is 0 Å². The van der Waals surface area contributed by atoms with Crippen molar-refractivity contribution >= 4 is 39.4 Å². The lowest BCUT2D eigenvalue weighted by Gasteiger charge is -2.33. The quantitative estimate of drug-likeness (QED) is 0.283. The highest BCUT2D eigenvalue weighted by Crippen LogP contribution is 2.33. The molecule has 2 N–H and O–H groups in total. The fourth-order valence-corrected chi connectivity index (χ4v) is 5.48. The van der Waals surface area contributed by atoms with E-state index in [4.69, 9.17) is 4.42 Å². The Morgan fingerprint density at radius 3 is 2.36 bits per heavy atom. The standard InChI is InChI=1S/C32H27N3O7/c1-33(28(32(40)41)23-17-26(36)42-25-16-20(12-13-21(23)25)34-14-7-15-34)30(38)27-29(37)22-10-5-6-11-24(22)35(31(27)39)18-19-8-3-2-4-9-19/h2-6,8-13,16-17,28,37H,7,14-15,18H2,1H3,(H,40,41). The first-order valence-corrected chi connectivity index (χ1v) is 13.5. The minimum Gasteiger partial charge on any atom is -0.506 e. The van der Waals surface area contributed by atoms with Crippen molar-refractivity contribution in [3.63, 3.8) is 0 Å². The van der Waals surface area contributed by atoms with Crippen molar-refractivity contribution in [3.8, 4) is 5.75 Å². The number of carbonyl (C=O) groups excluding carboxylic acids is 1. The summed E-state index contributed by atoms with van der Waals surface area (Å²) in [6.07, 6.45) is 1.05. The first-order valence-electron chi connectivity index (χ1n) is 13.5. The fourth-order valence-electron chi connectivity index (χ4n) is 5.48. The van der Waals surface area contributed by atoms with Crippen LogP contribution in [-0.2, 0) is 11.3 Å². The average molecular weight is 566 g/mol. The number of aliphatic carboxylic acids is 1. The lowest BCUT2D eigenvalue weighted by molar-refractivity contribution is -0.142. The molecule has 5 aromatic rings. The van der Waals surface area contributed by atoms with Crippen LogP contribution >= 0.6 is 0 Å². The molecule has 0 spiro atoms. The molecule has 0 saturated carbocycles. The summed E-state index contributed by atoms with van der Waals surface area (Å²) in [7, 11) is 1.23. The van der Waals surface area contributed by atoms with Crippen LogP contribution in [0.15, 0.2) is 92.9 Å². The van der Waals surface area contributed by atoms with Crippen molar-refractivity contribution in [1.29, 1.82) is 0 Å². The van der Waals surface area contributed by atoms with Crippen LogP contribution in [0.2, 0.25) is 0 Å². The molecule has 1 aliphatic heterocycles. The second-order valence-electron chi connectivity index (χ2n) is 10.3. The molecule has 1 aliphatic rings. The van der Waals surface area contributed by atoms with E-state index in [0.29, 0.717) is 10.9 Å². The molecule has 1 unspecified atom stereocenters. The van der Waals surface area contributed by atoms with Crippen LogP contribution in [0.1, 0.15) is 33.9 Å². The number of nitrogens with zero attached hydrogens (tertiary/aromatic N) is 3. The molecule has 1 fully saturated rings. The van der Waals surface area contributed by atoms with Crippen LogP contribution in [0, 0.1) is 0 Å². The number of hydrogen-bond donors (Lipinski definition) is 2. The van der Waals surface area contributed by atoms with Gasteiger partial charge >= 0.3 is 11.6 Å². The van der Waals surface area contributed by atoms with Gasteiger partial charge in [0, 0.05) is 54.3 Å². The summed E-state index contributed by atoms with van der Waals surface area (Å²) in [5.74, 6) is -2.97. The number of amides is 1. The van der Waals surface area contributed by atoms with Crippen LogP contribution < -0.4 is 16.1 Å². The maximum atomic E-state index is 13.9. The number of pyridine rings is 1. The van der Waals surface area contributed by atoms with Gasteiger partial charge in [-0.25, -0.2) is 9.59 Å². The molecular formula is C32H27N3O7. The topological polar surface area (TPSA) is 133 Å². The number of para-hydroxylation sites is 1. The van der Waals surface area contributed by atoms with E-state index >= 15 is 0 Å². The normalized spacial score (nSPS) is 13.6. The van der Waals surface area contributed by atoms with Gasteiger partial charge in [-0.1, -0.05) is 42.5 Å². The fraction of sp³-hybridized carbons (Fsp3) is 0.188. The van der Waals surface area contributed by atoms with Gasteiger partial charge in [0.05, 0.1) is 12.1 Å². The number of likely N-dealkylation sites (N-methyl/N-ethyl adjacent to an activating group) is 1. The van der Waals surface area contributed by atoms with Crippen molar-refractivity contribution in [1.82, 2.24) is 9.47 Å². The third-order valence-corrected chi connectivity index (χ3v) is 7.76. The predicted octanol–water partition coefficient (Wildman–Crippen LogP) is 3.97. The molecule has 6 rings (SSSR count). The molecule has 3 heterocycles.